The molecule has 0 bridgehead atoms. The Hall–Kier alpha value is -2.81. The Morgan fingerprint density at radius 3 is 2.96 bits per heavy atom. The van der Waals surface area contributed by atoms with Gasteiger partial charge >= 0.3 is 0 Å². The number of carbonyl (C=O) groups is 1. The van der Waals surface area contributed by atoms with Crippen molar-refractivity contribution in [3.8, 4) is 5.69 Å². The summed E-state index contributed by atoms with van der Waals surface area (Å²) in [6.45, 7) is 2.42. The van der Waals surface area contributed by atoms with Gasteiger partial charge in [-0.05, 0) is 12.5 Å². The molecule has 1 atom stereocenters. The lowest BCUT2D eigenvalue weighted by atomic mass is 10.1. The Labute approximate surface area is 139 Å². The highest BCUT2D eigenvalue weighted by molar-refractivity contribution is 5.92. The number of nitrogens with one attached hydrogen (secondary N) is 1. The zero-order valence-electron chi connectivity index (χ0n) is 13.4. The predicted molar refractivity (Wildman–Crippen MR) is 87.8 cm³/mol. The fourth-order valence-electron chi connectivity index (χ4n) is 2.20. The molecule has 0 saturated heterocycles. The molecule has 0 spiro atoms. The molecule has 9 nitrogen and oxygen atoms in total. The second-order valence-corrected chi connectivity index (χ2v) is 5.37. The highest BCUT2D eigenvalue weighted by Gasteiger charge is 2.16. The maximum atomic E-state index is 12.2. The van der Waals surface area contributed by atoms with E-state index in [0.717, 1.165) is 19.3 Å². The first-order chi connectivity index (χ1) is 11.5. The van der Waals surface area contributed by atoms with E-state index in [2.05, 4.69) is 22.6 Å². The monoisotopic (exact) mass is 332 g/mol. The topological polar surface area (TPSA) is 129 Å². The summed E-state index contributed by atoms with van der Waals surface area (Å²) in [7, 11) is 0. The van der Waals surface area contributed by atoms with Crippen LogP contribution >= 0.6 is 0 Å². The second kappa shape index (κ2) is 8.16. The lowest BCUT2D eigenvalue weighted by molar-refractivity contribution is -0.384. The average Bonchev–Trinajstić information content (AvgIpc) is 3.08. The Kier molecular flexibility index (Phi) is 5.96. The summed E-state index contributed by atoms with van der Waals surface area (Å²) >= 11 is 0. The lowest BCUT2D eigenvalue weighted by Crippen LogP contribution is -2.40. The van der Waals surface area contributed by atoms with Crippen LogP contribution in [-0.2, 0) is 0 Å². The van der Waals surface area contributed by atoms with Gasteiger partial charge in [-0.3, -0.25) is 14.9 Å². The molecular weight excluding hydrogens is 312 g/mol. The Morgan fingerprint density at radius 2 is 2.29 bits per heavy atom. The number of non-ortho nitro benzene ring substituents is 1. The largest absolute Gasteiger partial charge is 0.347 e. The number of nitro benzene ring substituents is 1. The van der Waals surface area contributed by atoms with E-state index < -0.39 is 4.92 Å². The van der Waals surface area contributed by atoms with Gasteiger partial charge in [0.05, 0.1) is 16.8 Å². The maximum absolute atomic E-state index is 12.2. The maximum Gasteiger partial charge on any atom is 0.273 e. The molecule has 24 heavy (non-hydrogen) atoms. The molecule has 1 aromatic carbocycles. The lowest BCUT2D eigenvalue weighted by Gasteiger charge is -2.15. The van der Waals surface area contributed by atoms with Gasteiger partial charge in [-0.2, -0.15) is 0 Å². The number of nitro groups is 1. The number of hydrogen-bond donors (Lipinski definition) is 2. The number of nitrogens with zero attached hydrogens (tertiary/aromatic N) is 4. The molecule has 0 fully saturated rings. The van der Waals surface area contributed by atoms with Crippen LogP contribution in [0.3, 0.4) is 0 Å². The third-order valence-electron chi connectivity index (χ3n) is 3.56. The normalized spacial score (nSPS) is 11.9. The Balaban J connectivity index is 2.11. The van der Waals surface area contributed by atoms with Gasteiger partial charge in [-0.1, -0.05) is 31.0 Å². The number of rotatable bonds is 8. The summed E-state index contributed by atoms with van der Waals surface area (Å²) in [6, 6.07) is 5.83. The standard InChI is InChI=1S/C15H20N6O3/c1-2-3-5-11(9-16)17-15(22)14-10-20(19-18-14)12-6-4-7-13(8-12)21(23)24/h4,6-8,10-11H,2-3,5,9,16H2,1H3,(H,17,22). The number of aromatic nitrogens is 3. The molecule has 0 aliphatic rings. The molecule has 2 aromatic rings. The summed E-state index contributed by atoms with van der Waals surface area (Å²) in [4.78, 5) is 22.5. The SMILES string of the molecule is CCCCC(CN)NC(=O)c1cn(-c2cccc([N+](=O)[O-])c2)nn1. The number of amides is 1. The van der Waals surface area contributed by atoms with Gasteiger partial charge in [0.2, 0.25) is 0 Å². The molecule has 2 rings (SSSR count). The Bertz CT molecular complexity index is 715. The molecule has 1 amide bonds. The third-order valence-corrected chi connectivity index (χ3v) is 3.56. The van der Waals surface area contributed by atoms with Crippen LogP contribution in [0.2, 0.25) is 0 Å². The van der Waals surface area contributed by atoms with Gasteiger partial charge in [0.15, 0.2) is 5.69 Å². The highest BCUT2D eigenvalue weighted by atomic mass is 16.6. The van der Waals surface area contributed by atoms with Crippen molar-refractivity contribution >= 4 is 11.6 Å². The molecule has 0 saturated carbocycles. The number of unbranched alkanes of at least 4 members (excludes halogenated alkanes) is 1. The van der Waals surface area contributed by atoms with Crippen molar-refractivity contribution in [3.05, 3.63) is 46.3 Å². The molecule has 1 aromatic heterocycles. The van der Waals surface area contributed by atoms with Gasteiger partial charge < -0.3 is 11.1 Å². The van der Waals surface area contributed by atoms with Crippen LogP contribution in [0.15, 0.2) is 30.5 Å². The van der Waals surface area contributed by atoms with Crippen molar-refractivity contribution < 1.29 is 9.72 Å². The van der Waals surface area contributed by atoms with Crippen molar-refractivity contribution in [2.24, 2.45) is 5.73 Å². The molecular formula is C15H20N6O3. The van der Waals surface area contributed by atoms with Crippen molar-refractivity contribution in [3.63, 3.8) is 0 Å². The first-order valence-corrected chi connectivity index (χ1v) is 7.73. The fraction of sp³-hybridized carbons (Fsp3) is 0.400. The molecule has 9 heteroatoms. The van der Waals surface area contributed by atoms with E-state index in [4.69, 9.17) is 5.73 Å². The summed E-state index contributed by atoms with van der Waals surface area (Å²) in [5, 5.41) is 21.3. The van der Waals surface area contributed by atoms with E-state index in [1.165, 1.54) is 23.0 Å². The predicted octanol–water partition coefficient (Wildman–Crippen LogP) is 1.42. The first kappa shape index (κ1) is 17.5. The Morgan fingerprint density at radius 1 is 1.50 bits per heavy atom. The molecule has 0 aliphatic carbocycles. The van der Waals surface area contributed by atoms with Crippen molar-refractivity contribution in [2.75, 3.05) is 6.54 Å². The highest BCUT2D eigenvalue weighted by Crippen LogP contribution is 2.16. The summed E-state index contributed by atoms with van der Waals surface area (Å²) in [6.07, 6.45) is 4.23. The van der Waals surface area contributed by atoms with Crippen LogP contribution in [0.5, 0.6) is 0 Å². The van der Waals surface area contributed by atoms with Gasteiger partial charge in [0, 0.05) is 24.7 Å². The van der Waals surface area contributed by atoms with Crippen LogP contribution in [0.4, 0.5) is 5.69 Å². The average molecular weight is 332 g/mol. The van der Waals surface area contributed by atoms with Crippen LogP contribution in [0, 0.1) is 10.1 Å². The summed E-state index contributed by atoms with van der Waals surface area (Å²) in [5.41, 5.74) is 6.19. The minimum atomic E-state index is -0.492. The third kappa shape index (κ3) is 4.35. The minimum absolute atomic E-state index is 0.0586. The van der Waals surface area contributed by atoms with Crippen molar-refractivity contribution in [1.29, 1.82) is 0 Å². The molecule has 0 aliphatic heterocycles. The zero-order chi connectivity index (χ0) is 17.5. The number of carbonyl (C=O) groups excluding carboxylic acids is 1. The molecule has 1 heterocycles. The van der Waals surface area contributed by atoms with E-state index >= 15 is 0 Å². The summed E-state index contributed by atoms with van der Waals surface area (Å²) in [5.74, 6) is -0.363. The molecule has 0 radical (unpaired) electrons. The summed E-state index contributed by atoms with van der Waals surface area (Å²) < 4.78 is 1.32. The van der Waals surface area contributed by atoms with Gasteiger partial charge in [0.25, 0.3) is 11.6 Å². The van der Waals surface area contributed by atoms with Crippen LogP contribution in [0.1, 0.15) is 36.7 Å². The second-order valence-electron chi connectivity index (χ2n) is 5.37. The van der Waals surface area contributed by atoms with Crippen LogP contribution in [0.25, 0.3) is 5.69 Å². The molecule has 3 N–H and O–H groups in total. The van der Waals surface area contributed by atoms with E-state index in [1.807, 2.05) is 0 Å². The van der Waals surface area contributed by atoms with Crippen LogP contribution < -0.4 is 11.1 Å². The van der Waals surface area contributed by atoms with E-state index in [1.54, 1.807) is 12.1 Å². The number of hydrogen-bond acceptors (Lipinski definition) is 6. The van der Waals surface area contributed by atoms with Gasteiger partial charge in [0.1, 0.15) is 0 Å². The molecule has 1 unspecified atom stereocenters. The van der Waals surface area contributed by atoms with E-state index in [-0.39, 0.29) is 23.3 Å². The van der Waals surface area contributed by atoms with E-state index in [9.17, 15) is 14.9 Å². The van der Waals surface area contributed by atoms with Crippen molar-refractivity contribution in [2.45, 2.75) is 32.2 Å². The van der Waals surface area contributed by atoms with Crippen molar-refractivity contribution in [1.82, 2.24) is 20.3 Å². The van der Waals surface area contributed by atoms with Gasteiger partial charge in [-0.15, -0.1) is 5.10 Å². The minimum Gasteiger partial charge on any atom is -0.347 e. The van der Waals surface area contributed by atoms with Crippen LogP contribution in [-0.4, -0.2) is 38.4 Å². The smallest absolute Gasteiger partial charge is 0.273 e. The first-order valence-electron chi connectivity index (χ1n) is 7.73. The number of nitrogens with two attached hydrogens (primary N) is 1. The van der Waals surface area contributed by atoms with Gasteiger partial charge in [-0.25, -0.2) is 4.68 Å². The zero-order valence-corrected chi connectivity index (χ0v) is 13.4. The quantitative estimate of drug-likeness (QED) is 0.555. The fourth-order valence-corrected chi connectivity index (χ4v) is 2.20. The van der Waals surface area contributed by atoms with E-state index in [0.29, 0.717) is 12.2 Å². The number of benzene rings is 1. The molecule has 128 valence electrons.